The predicted molar refractivity (Wildman–Crippen MR) is 68.8 cm³/mol. The summed E-state index contributed by atoms with van der Waals surface area (Å²) >= 11 is 0. The Balaban J connectivity index is 2.69. The lowest BCUT2D eigenvalue weighted by molar-refractivity contribution is 0.0527. The second-order valence-corrected chi connectivity index (χ2v) is 3.48. The zero-order valence-electron chi connectivity index (χ0n) is 10.8. The Hall–Kier alpha value is -1.75. The number of nitrogen functional groups attached to an aromatic ring is 1. The number of ether oxygens (including phenoxy) is 3. The van der Waals surface area contributed by atoms with Crippen molar-refractivity contribution in [2.75, 3.05) is 32.2 Å². The van der Waals surface area contributed by atoms with Crippen LogP contribution in [0.15, 0.2) is 18.2 Å². The van der Waals surface area contributed by atoms with Crippen molar-refractivity contribution in [2.45, 2.75) is 13.8 Å². The number of carbonyl (C=O) groups is 1. The molecule has 0 aliphatic heterocycles. The molecule has 2 N–H and O–H groups in total. The van der Waals surface area contributed by atoms with Gasteiger partial charge in [0.25, 0.3) is 0 Å². The van der Waals surface area contributed by atoms with Gasteiger partial charge >= 0.3 is 5.97 Å². The fourth-order valence-corrected chi connectivity index (χ4v) is 1.41. The summed E-state index contributed by atoms with van der Waals surface area (Å²) in [6.45, 7) is 5.49. The molecule has 0 unspecified atom stereocenters. The Bertz CT molecular complexity index is 393. The van der Waals surface area contributed by atoms with Crippen LogP contribution in [0.1, 0.15) is 24.2 Å². The molecule has 0 saturated heterocycles. The molecule has 0 aliphatic carbocycles. The van der Waals surface area contributed by atoms with Crippen LogP contribution in [0.4, 0.5) is 5.69 Å². The third-order valence-electron chi connectivity index (χ3n) is 2.25. The highest BCUT2D eigenvalue weighted by atomic mass is 16.5. The van der Waals surface area contributed by atoms with E-state index in [1.54, 1.807) is 25.1 Å². The van der Waals surface area contributed by atoms with E-state index < -0.39 is 5.97 Å². The second-order valence-electron chi connectivity index (χ2n) is 3.48. The van der Waals surface area contributed by atoms with Gasteiger partial charge in [0.05, 0.1) is 24.5 Å². The Labute approximate surface area is 107 Å². The van der Waals surface area contributed by atoms with Gasteiger partial charge in [0.2, 0.25) is 0 Å². The van der Waals surface area contributed by atoms with E-state index in [2.05, 4.69) is 0 Å². The molecule has 18 heavy (non-hydrogen) atoms. The summed E-state index contributed by atoms with van der Waals surface area (Å²) in [5.41, 5.74) is 6.49. The smallest absolute Gasteiger partial charge is 0.340 e. The zero-order valence-corrected chi connectivity index (χ0v) is 10.8. The number of anilines is 1. The van der Waals surface area contributed by atoms with Gasteiger partial charge in [-0.2, -0.15) is 0 Å². The number of benzene rings is 1. The van der Waals surface area contributed by atoms with Crippen LogP contribution >= 0.6 is 0 Å². The van der Waals surface area contributed by atoms with E-state index in [-0.39, 0.29) is 0 Å². The molecule has 0 heterocycles. The number of para-hydroxylation sites is 1. The van der Waals surface area contributed by atoms with Gasteiger partial charge in [-0.05, 0) is 26.0 Å². The van der Waals surface area contributed by atoms with Gasteiger partial charge in [-0.25, -0.2) is 4.79 Å². The quantitative estimate of drug-likeness (QED) is 0.456. The minimum atomic E-state index is -0.440. The van der Waals surface area contributed by atoms with E-state index in [0.717, 1.165) is 0 Å². The minimum absolute atomic E-state index is 0.299. The van der Waals surface area contributed by atoms with Gasteiger partial charge in [-0.15, -0.1) is 0 Å². The van der Waals surface area contributed by atoms with Crippen LogP contribution in [0, 0.1) is 0 Å². The first-order valence-electron chi connectivity index (χ1n) is 5.96. The summed E-state index contributed by atoms with van der Waals surface area (Å²) in [7, 11) is 0. The van der Waals surface area contributed by atoms with E-state index in [4.69, 9.17) is 19.9 Å². The van der Waals surface area contributed by atoms with E-state index in [1.165, 1.54) is 0 Å². The number of carbonyl (C=O) groups excluding carboxylic acids is 1. The summed E-state index contributed by atoms with van der Waals surface area (Å²) in [5, 5.41) is 0. The number of hydrogen-bond acceptors (Lipinski definition) is 5. The average Bonchev–Trinajstić information content (AvgIpc) is 2.36. The maximum Gasteiger partial charge on any atom is 0.340 e. The number of rotatable bonds is 7. The molecule has 0 amide bonds. The maximum absolute atomic E-state index is 11.6. The molecule has 5 heteroatoms. The lowest BCUT2D eigenvalue weighted by Gasteiger charge is -2.11. The lowest BCUT2D eigenvalue weighted by Crippen LogP contribution is -2.11. The standard InChI is InChI=1S/C13H19NO4/c1-3-16-8-9-18-11-7-5-6-10(12(11)14)13(15)17-4-2/h5-7H,3-4,8-9,14H2,1-2H3. The van der Waals surface area contributed by atoms with Crippen LogP contribution in [0.5, 0.6) is 5.75 Å². The van der Waals surface area contributed by atoms with Crippen LogP contribution < -0.4 is 10.5 Å². The fourth-order valence-electron chi connectivity index (χ4n) is 1.41. The molecule has 0 atom stereocenters. The molecule has 1 aromatic rings. The van der Waals surface area contributed by atoms with Gasteiger partial charge < -0.3 is 19.9 Å². The molecule has 1 rings (SSSR count). The highest BCUT2D eigenvalue weighted by Crippen LogP contribution is 2.25. The van der Waals surface area contributed by atoms with Crippen molar-refractivity contribution in [3.8, 4) is 5.75 Å². The summed E-state index contributed by atoms with van der Waals surface area (Å²) in [4.78, 5) is 11.6. The molecule has 0 saturated carbocycles. The summed E-state index contributed by atoms with van der Waals surface area (Å²) in [6, 6.07) is 5.03. The van der Waals surface area contributed by atoms with Gasteiger partial charge in [0, 0.05) is 6.61 Å². The largest absolute Gasteiger partial charge is 0.489 e. The van der Waals surface area contributed by atoms with Crippen LogP contribution in [-0.4, -0.2) is 32.4 Å². The highest BCUT2D eigenvalue weighted by Gasteiger charge is 2.13. The SMILES string of the molecule is CCOCCOc1cccc(C(=O)OCC)c1N. The highest BCUT2D eigenvalue weighted by molar-refractivity contribution is 5.96. The first-order valence-corrected chi connectivity index (χ1v) is 5.96. The first kappa shape index (κ1) is 14.3. The molecule has 0 radical (unpaired) electrons. The van der Waals surface area contributed by atoms with Gasteiger partial charge in [-0.3, -0.25) is 0 Å². The normalized spacial score (nSPS) is 10.1. The zero-order chi connectivity index (χ0) is 13.4. The van der Waals surface area contributed by atoms with Crippen molar-refractivity contribution in [3.05, 3.63) is 23.8 Å². The van der Waals surface area contributed by atoms with E-state index in [0.29, 0.717) is 43.4 Å². The molecule has 0 aliphatic rings. The Morgan fingerprint density at radius 2 is 2.00 bits per heavy atom. The van der Waals surface area contributed by atoms with Crippen molar-refractivity contribution in [2.24, 2.45) is 0 Å². The third-order valence-corrected chi connectivity index (χ3v) is 2.25. The monoisotopic (exact) mass is 253 g/mol. The Morgan fingerprint density at radius 3 is 2.67 bits per heavy atom. The van der Waals surface area contributed by atoms with E-state index >= 15 is 0 Å². The molecule has 0 aromatic heterocycles. The van der Waals surface area contributed by atoms with E-state index in [1.807, 2.05) is 6.92 Å². The minimum Gasteiger partial charge on any atom is -0.489 e. The van der Waals surface area contributed by atoms with Crippen LogP contribution in [0.2, 0.25) is 0 Å². The number of hydrogen-bond donors (Lipinski definition) is 1. The third kappa shape index (κ3) is 3.92. The van der Waals surface area contributed by atoms with Gasteiger partial charge in [-0.1, -0.05) is 6.07 Å². The van der Waals surface area contributed by atoms with Crippen LogP contribution in [-0.2, 0) is 9.47 Å². The second kappa shape index (κ2) is 7.55. The summed E-state index contributed by atoms with van der Waals surface area (Å²) < 4.78 is 15.5. The topological polar surface area (TPSA) is 70.8 Å². The van der Waals surface area contributed by atoms with Crippen LogP contribution in [0.25, 0.3) is 0 Å². The van der Waals surface area contributed by atoms with Gasteiger partial charge in [0.1, 0.15) is 12.4 Å². The first-order chi connectivity index (χ1) is 8.70. The van der Waals surface area contributed by atoms with Crippen molar-refractivity contribution < 1.29 is 19.0 Å². The van der Waals surface area contributed by atoms with Crippen molar-refractivity contribution in [1.29, 1.82) is 0 Å². The van der Waals surface area contributed by atoms with Gasteiger partial charge in [0.15, 0.2) is 0 Å². The lowest BCUT2D eigenvalue weighted by atomic mass is 10.1. The van der Waals surface area contributed by atoms with Crippen molar-refractivity contribution >= 4 is 11.7 Å². The summed E-state index contributed by atoms with van der Waals surface area (Å²) in [6.07, 6.45) is 0. The van der Waals surface area contributed by atoms with E-state index in [9.17, 15) is 4.79 Å². The molecule has 5 nitrogen and oxygen atoms in total. The molecule has 0 spiro atoms. The predicted octanol–water partition coefficient (Wildman–Crippen LogP) is 1.86. The molecule has 0 bridgehead atoms. The summed E-state index contributed by atoms with van der Waals surface area (Å²) in [5.74, 6) is 0.0329. The molecule has 0 fully saturated rings. The fraction of sp³-hybridized carbons (Fsp3) is 0.462. The van der Waals surface area contributed by atoms with Crippen molar-refractivity contribution in [3.63, 3.8) is 0 Å². The number of nitrogens with two attached hydrogens (primary N) is 1. The maximum atomic E-state index is 11.6. The Kier molecular flexibility index (Phi) is 6.00. The Morgan fingerprint density at radius 1 is 1.22 bits per heavy atom. The molecular weight excluding hydrogens is 234 g/mol. The average molecular weight is 253 g/mol. The molecule has 1 aromatic carbocycles. The molecule has 100 valence electrons. The van der Waals surface area contributed by atoms with Crippen LogP contribution in [0.3, 0.4) is 0 Å². The number of esters is 1. The van der Waals surface area contributed by atoms with Crippen molar-refractivity contribution in [1.82, 2.24) is 0 Å². The molecular formula is C13H19NO4.